The lowest BCUT2D eigenvalue weighted by atomic mass is 9.89. The second-order valence-electron chi connectivity index (χ2n) is 5.49. The average Bonchev–Trinajstić information content (AvgIpc) is 2.85. The topological polar surface area (TPSA) is 85.2 Å². The number of methoxy groups -OCH3 is 1. The summed E-state index contributed by atoms with van der Waals surface area (Å²) in [5.41, 5.74) is 2.81. The molecule has 2 amide bonds. The first kappa shape index (κ1) is 15.1. The molecule has 0 bridgehead atoms. The predicted octanol–water partition coefficient (Wildman–Crippen LogP) is 1.80. The number of amides is 2. The molecule has 0 aliphatic carbocycles. The second kappa shape index (κ2) is 5.75. The lowest BCUT2D eigenvalue weighted by Gasteiger charge is -2.26. The van der Waals surface area contributed by atoms with Crippen molar-refractivity contribution in [2.24, 2.45) is 7.05 Å². The quantitative estimate of drug-likeness (QED) is 0.904. The Morgan fingerprint density at radius 3 is 2.91 bits per heavy atom. The Bertz CT molecular complexity index is 782. The summed E-state index contributed by atoms with van der Waals surface area (Å²) in [5.74, 6) is -0.449. The molecule has 2 aromatic rings. The number of carbonyl (C=O) groups excluding carboxylic acids is 2. The normalized spacial score (nSPS) is 16.5. The molecule has 2 heterocycles. The van der Waals surface area contributed by atoms with E-state index in [2.05, 4.69) is 15.7 Å². The van der Waals surface area contributed by atoms with E-state index >= 15 is 0 Å². The molecule has 1 atom stereocenters. The van der Waals surface area contributed by atoms with Gasteiger partial charge in [-0.2, -0.15) is 5.10 Å². The van der Waals surface area contributed by atoms with E-state index in [9.17, 15) is 9.59 Å². The zero-order valence-corrected chi connectivity index (χ0v) is 13.2. The van der Waals surface area contributed by atoms with Crippen LogP contribution in [-0.2, 0) is 16.6 Å². The summed E-state index contributed by atoms with van der Waals surface area (Å²) in [6, 6.07) is 5.40. The standard InChI is InChI=1S/C16H18N4O3/c1-9-12(8-17-20(9)2)18-16(22)11-7-14(21)19-15-10(11)5-4-6-13(15)23-3/h4-6,8,11H,7H2,1-3H3,(H,18,22)(H,19,21)/t11-/m1/s1. The van der Waals surface area contributed by atoms with Crippen LogP contribution in [0.4, 0.5) is 11.4 Å². The van der Waals surface area contributed by atoms with E-state index < -0.39 is 5.92 Å². The minimum Gasteiger partial charge on any atom is -0.495 e. The molecule has 1 aromatic heterocycles. The van der Waals surface area contributed by atoms with Crippen LogP contribution in [0.25, 0.3) is 0 Å². The number of benzene rings is 1. The van der Waals surface area contributed by atoms with Crippen LogP contribution in [0.2, 0.25) is 0 Å². The minimum atomic E-state index is -0.562. The van der Waals surface area contributed by atoms with Crippen LogP contribution >= 0.6 is 0 Å². The van der Waals surface area contributed by atoms with E-state index in [1.165, 1.54) is 7.11 Å². The number of fused-ring (bicyclic) bond motifs is 1. The number of hydrogen-bond acceptors (Lipinski definition) is 4. The van der Waals surface area contributed by atoms with Crippen LogP contribution in [0.1, 0.15) is 23.6 Å². The van der Waals surface area contributed by atoms with Gasteiger partial charge >= 0.3 is 0 Å². The van der Waals surface area contributed by atoms with Crippen molar-refractivity contribution in [3.63, 3.8) is 0 Å². The average molecular weight is 314 g/mol. The van der Waals surface area contributed by atoms with E-state index in [-0.39, 0.29) is 18.2 Å². The molecule has 120 valence electrons. The largest absolute Gasteiger partial charge is 0.495 e. The van der Waals surface area contributed by atoms with E-state index in [0.29, 0.717) is 17.1 Å². The summed E-state index contributed by atoms with van der Waals surface area (Å²) in [5, 5.41) is 9.74. The Hall–Kier alpha value is -2.83. The number of ether oxygens (including phenoxy) is 1. The maximum absolute atomic E-state index is 12.7. The van der Waals surface area contributed by atoms with Gasteiger partial charge in [0.05, 0.1) is 36.3 Å². The lowest BCUT2D eigenvalue weighted by Crippen LogP contribution is -2.31. The van der Waals surface area contributed by atoms with Crippen LogP contribution in [0, 0.1) is 6.92 Å². The van der Waals surface area contributed by atoms with Crippen molar-refractivity contribution in [1.82, 2.24) is 9.78 Å². The molecule has 0 spiro atoms. The maximum Gasteiger partial charge on any atom is 0.232 e. The maximum atomic E-state index is 12.7. The number of para-hydroxylation sites is 1. The molecule has 2 N–H and O–H groups in total. The summed E-state index contributed by atoms with van der Waals surface area (Å²) in [7, 11) is 3.34. The van der Waals surface area contributed by atoms with Gasteiger partial charge in [0.1, 0.15) is 5.75 Å². The monoisotopic (exact) mass is 314 g/mol. The van der Waals surface area contributed by atoms with Crippen molar-refractivity contribution in [1.29, 1.82) is 0 Å². The molecular weight excluding hydrogens is 296 g/mol. The van der Waals surface area contributed by atoms with Crippen LogP contribution in [-0.4, -0.2) is 28.7 Å². The van der Waals surface area contributed by atoms with E-state index in [1.54, 1.807) is 24.0 Å². The fourth-order valence-corrected chi connectivity index (χ4v) is 2.70. The highest BCUT2D eigenvalue weighted by Gasteiger charge is 2.32. The molecule has 0 saturated heterocycles. The predicted molar refractivity (Wildman–Crippen MR) is 85.6 cm³/mol. The van der Waals surface area contributed by atoms with E-state index in [0.717, 1.165) is 11.3 Å². The van der Waals surface area contributed by atoms with Gasteiger partial charge in [0.15, 0.2) is 0 Å². The SMILES string of the molecule is COc1cccc2c1NC(=O)C[C@H]2C(=O)Nc1cnn(C)c1C. The first-order valence-corrected chi connectivity index (χ1v) is 7.27. The zero-order chi connectivity index (χ0) is 16.6. The molecule has 23 heavy (non-hydrogen) atoms. The Kier molecular flexibility index (Phi) is 3.77. The first-order chi connectivity index (χ1) is 11.0. The minimum absolute atomic E-state index is 0.102. The molecule has 0 unspecified atom stereocenters. The number of nitrogens with one attached hydrogen (secondary N) is 2. The molecule has 1 aliphatic heterocycles. The third-order valence-corrected chi connectivity index (χ3v) is 4.12. The molecule has 1 aromatic carbocycles. The summed E-state index contributed by atoms with van der Waals surface area (Å²) in [6.45, 7) is 1.87. The fraction of sp³-hybridized carbons (Fsp3) is 0.312. The fourth-order valence-electron chi connectivity index (χ4n) is 2.70. The van der Waals surface area contributed by atoms with Crippen LogP contribution in [0.3, 0.4) is 0 Å². The molecule has 0 radical (unpaired) electrons. The van der Waals surface area contributed by atoms with Crippen LogP contribution in [0.15, 0.2) is 24.4 Å². The number of aryl methyl sites for hydroxylation is 1. The third kappa shape index (κ3) is 2.65. The Balaban J connectivity index is 1.93. The summed E-state index contributed by atoms with van der Waals surface area (Å²) < 4.78 is 6.95. The van der Waals surface area contributed by atoms with Gasteiger partial charge < -0.3 is 15.4 Å². The Labute approximate surface area is 133 Å². The molecule has 3 rings (SSSR count). The number of aromatic nitrogens is 2. The highest BCUT2D eigenvalue weighted by molar-refractivity contribution is 6.06. The van der Waals surface area contributed by atoms with Crippen molar-refractivity contribution in [3.05, 3.63) is 35.7 Å². The number of hydrogen-bond donors (Lipinski definition) is 2. The zero-order valence-electron chi connectivity index (χ0n) is 13.2. The number of nitrogens with zero attached hydrogens (tertiary/aromatic N) is 2. The van der Waals surface area contributed by atoms with Crippen molar-refractivity contribution < 1.29 is 14.3 Å². The van der Waals surface area contributed by atoms with Gasteiger partial charge in [0.25, 0.3) is 0 Å². The smallest absolute Gasteiger partial charge is 0.232 e. The van der Waals surface area contributed by atoms with Gasteiger partial charge in [0, 0.05) is 13.5 Å². The first-order valence-electron chi connectivity index (χ1n) is 7.27. The molecule has 7 nitrogen and oxygen atoms in total. The molecule has 0 saturated carbocycles. The lowest BCUT2D eigenvalue weighted by molar-refractivity contribution is -0.123. The van der Waals surface area contributed by atoms with E-state index in [4.69, 9.17) is 4.74 Å². The van der Waals surface area contributed by atoms with Crippen molar-refractivity contribution in [2.45, 2.75) is 19.3 Å². The van der Waals surface area contributed by atoms with Gasteiger partial charge in [-0.05, 0) is 18.6 Å². The Morgan fingerprint density at radius 1 is 1.48 bits per heavy atom. The molecular formula is C16H18N4O3. The molecule has 0 fully saturated rings. The van der Waals surface area contributed by atoms with Crippen LogP contribution in [0.5, 0.6) is 5.75 Å². The number of carbonyl (C=O) groups is 2. The van der Waals surface area contributed by atoms with Gasteiger partial charge in [-0.25, -0.2) is 0 Å². The summed E-state index contributed by atoms with van der Waals surface area (Å²) in [4.78, 5) is 24.6. The summed E-state index contributed by atoms with van der Waals surface area (Å²) in [6.07, 6.45) is 1.70. The molecule has 7 heteroatoms. The van der Waals surface area contributed by atoms with Gasteiger partial charge in [-0.3, -0.25) is 14.3 Å². The summed E-state index contributed by atoms with van der Waals surface area (Å²) >= 11 is 0. The Morgan fingerprint density at radius 2 is 2.26 bits per heavy atom. The number of anilines is 2. The number of rotatable bonds is 3. The molecule has 1 aliphatic rings. The van der Waals surface area contributed by atoms with Gasteiger partial charge in [0.2, 0.25) is 11.8 Å². The van der Waals surface area contributed by atoms with Crippen molar-refractivity contribution in [2.75, 3.05) is 17.7 Å². The second-order valence-corrected chi connectivity index (χ2v) is 5.49. The third-order valence-electron chi connectivity index (χ3n) is 4.12. The van der Waals surface area contributed by atoms with Gasteiger partial charge in [-0.1, -0.05) is 12.1 Å². The van der Waals surface area contributed by atoms with Crippen molar-refractivity contribution >= 4 is 23.2 Å². The highest BCUT2D eigenvalue weighted by Crippen LogP contribution is 2.39. The van der Waals surface area contributed by atoms with Crippen LogP contribution < -0.4 is 15.4 Å². The highest BCUT2D eigenvalue weighted by atomic mass is 16.5. The van der Waals surface area contributed by atoms with Gasteiger partial charge in [-0.15, -0.1) is 0 Å². The van der Waals surface area contributed by atoms with E-state index in [1.807, 2.05) is 19.1 Å². The van der Waals surface area contributed by atoms with Crippen molar-refractivity contribution in [3.8, 4) is 5.75 Å².